The van der Waals surface area contributed by atoms with Gasteiger partial charge in [0.2, 0.25) is 0 Å². The molecule has 1 heterocycles. The first kappa shape index (κ1) is 11.7. The Morgan fingerprint density at radius 2 is 2.33 bits per heavy atom. The van der Waals surface area contributed by atoms with Gasteiger partial charge in [-0.1, -0.05) is 0 Å². The van der Waals surface area contributed by atoms with Crippen molar-refractivity contribution in [1.82, 2.24) is 9.78 Å². The lowest BCUT2D eigenvalue weighted by atomic mass is 10.3. The second kappa shape index (κ2) is 4.92. The van der Waals surface area contributed by atoms with Gasteiger partial charge in [0.05, 0.1) is 6.54 Å². The summed E-state index contributed by atoms with van der Waals surface area (Å²) in [4.78, 5) is 21.5. The van der Waals surface area contributed by atoms with E-state index < -0.39 is 6.09 Å². The minimum atomic E-state index is -0.842. The van der Waals surface area contributed by atoms with Gasteiger partial charge in [-0.25, -0.2) is 4.79 Å². The molecule has 1 rings (SSSR count). The highest BCUT2D eigenvalue weighted by Gasteiger charge is 2.10. The molecular formula is C8H10BrN3O3. The molecule has 0 aliphatic heterocycles. The summed E-state index contributed by atoms with van der Waals surface area (Å²) >= 11 is 3.16. The first-order valence-electron chi connectivity index (χ1n) is 4.17. The Labute approximate surface area is 94.5 Å². The van der Waals surface area contributed by atoms with Crippen molar-refractivity contribution in [3.05, 3.63) is 16.4 Å². The number of carbonyl (C=O) groups excluding carboxylic acids is 2. The van der Waals surface area contributed by atoms with Crippen LogP contribution in [0.1, 0.15) is 17.4 Å². The molecule has 7 heteroatoms. The standard InChI is InChI=1S/C8H10BrN3O3/c1-5(13)6-4-7(9)11-12(6)2-3-15-8(10)14/h4H,2-3H2,1H3,(H2,10,14). The molecule has 0 aliphatic rings. The Kier molecular flexibility index (Phi) is 3.84. The van der Waals surface area contributed by atoms with Crippen molar-refractivity contribution < 1.29 is 14.3 Å². The number of carbonyl (C=O) groups is 2. The van der Waals surface area contributed by atoms with Crippen LogP contribution in [0.5, 0.6) is 0 Å². The van der Waals surface area contributed by atoms with Crippen LogP contribution in [0.4, 0.5) is 4.79 Å². The van der Waals surface area contributed by atoms with Crippen molar-refractivity contribution >= 4 is 27.8 Å². The van der Waals surface area contributed by atoms with Crippen LogP contribution in [0.15, 0.2) is 10.7 Å². The molecule has 0 unspecified atom stereocenters. The number of ketones is 1. The Hall–Kier alpha value is -1.37. The molecule has 15 heavy (non-hydrogen) atoms. The van der Waals surface area contributed by atoms with E-state index in [2.05, 4.69) is 25.8 Å². The van der Waals surface area contributed by atoms with Crippen LogP contribution in [0.3, 0.4) is 0 Å². The fraction of sp³-hybridized carbons (Fsp3) is 0.375. The maximum Gasteiger partial charge on any atom is 0.404 e. The normalized spacial score (nSPS) is 10.0. The zero-order valence-corrected chi connectivity index (χ0v) is 9.65. The Bertz CT molecular complexity index is 388. The van der Waals surface area contributed by atoms with E-state index in [1.807, 2.05) is 0 Å². The number of ether oxygens (including phenoxy) is 1. The lowest BCUT2D eigenvalue weighted by Crippen LogP contribution is -2.18. The van der Waals surface area contributed by atoms with Crippen molar-refractivity contribution in [2.75, 3.05) is 6.61 Å². The van der Waals surface area contributed by atoms with E-state index in [4.69, 9.17) is 5.73 Å². The summed E-state index contributed by atoms with van der Waals surface area (Å²) in [5.74, 6) is -0.104. The fourth-order valence-corrected chi connectivity index (χ4v) is 1.48. The molecule has 0 saturated heterocycles. The summed E-state index contributed by atoms with van der Waals surface area (Å²) in [5, 5.41) is 4.01. The summed E-state index contributed by atoms with van der Waals surface area (Å²) in [6, 6.07) is 1.60. The number of Topliss-reactive ketones (excluding diaryl/α,β-unsaturated/α-hetero) is 1. The second-order valence-corrected chi connectivity index (χ2v) is 3.61. The largest absolute Gasteiger partial charge is 0.448 e. The first-order valence-corrected chi connectivity index (χ1v) is 4.96. The van der Waals surface area contributed by atoms with Crippen LogP contribution < -0.4 is 5.73 Å². The molecule has 0 fully saturated rings. The quantitative estimate of drug-likeness (QED) is 0.829. The van der Waals surface area contributed by atoms with Gasteiger partial charge in [-0.15, -0.1) is 0 Å². The molecule has 6 nitrogen and oxygen atoms in total. The average molecular weight is 276 g/mol. The van der Waals surface area contributed by atoms with Crippen molar-refractivity contribution in [2.45, 2.75) is 13.5 Å². The minimum Gasteiger partial charge on any atom is -0.448 e. The third kappa shape index (κ3) is 3.35. The van der Waals surface area contributed by atoms with Crippen LogP contribution in [0.2, 0.25) is 0 Å². The Morgan fingerprint density at radius 1 is 1.67 bits per heavy atom. The van der Waals surface area contributed by atoms with Gasteiger partial charge in [-0.05, 0) is 15.9 Å². The zero-order chi connectivity index (χ0) is 11.4. The number of primary amides is 1. The minimum absolute atomic E-state index is 0.0870. The monoisotopic (exact) mass is 275 g/mol. The van der Waals surface area contributed by atoms with Gasteiger partial charge in [0, 0.05) is 13.0 Å². The van der Waals surface area contributed by atoms with Crippen molar-refractivity contribution in [3.63, 3.8) is 0 Å². The highest BCUT2D eigenvalue weighted by Crippen LogP contribution is 2.11. The van der Waals surface area contributed by atoms with Crippen LogP contribution in [-0.4, -0.2) is 28.3 Å². The number of aromatic nitrogens is 2. The molecular weight excluding hydrogens is 266 g/mol. The molecule has 0 aromatic carbocycles. The van der Waals surface area contributed by atoms with Gasteiger partial charge in [0.1, 0.15) is 16.9 Å². The van der Waals surface area contributed by atoms with E-state index in [0.29, 0.717) is 16.8 Å². The van der Waals surface area contributed by atoms with E-state index in [9.17, 15) is 9.59 Å². The molecule has 2 N–H and O–H groups in total. The number of hydrogen-bond acceptors (Lipinski definition) is 4. The van der Waals surface area contributed by atoms with Crippen molar-refractivity contribution in [1.29, 1.82) is 0 Å². The van der Waals surface area contributed by atoms with Crippen molar-refractivity contribution in [2.24, 2.45) is 5.73 Å². The molecule has 0 bridgehead atoms. The van der Waals surface area contributed by atoms with Crippen LogP contribution in [0.25, 0.3) is 0 Å². The number of rotatable bonds is 4. The second-order valence-electron chi connectivity index (χ2n) is 2.80. The molecule has 0 atom stereocenters. The summed E-state index contributed by atoms with van der Waals surface area (Å²) in [7, 11) is 0. The summed E-state index contributed by atoms with van der Waals surface area (Å²) < 4.78 is 6.56. The molecule has 82 valence electrons. The van der Waals surface area contributed by atoms with Crippen LogP contribution in [0, 0.1) is 0 Å². The van der Waals surface area contributed by atoms with E-state index >= 15 is 0 Å². The smallest absolute Gasteiger partial charge is 0.404 e. The zero-order valence-electron chi connectivity index (χ0n) is 8.07. The van der Waals surface area contributed by atoms with Crippen LogP contribution in [-0.2, 0) is 11.3 Å². The molecule has 1 aromatic rings. The topological polar surface area (TPSA) is 87.2 Å². The predicted molar refractivity (Wildman–Crippen MR) is 55.5 cm³/mol. The van der Waals surface area contributed by atoms with Gasteiger partial charge >= 0.3 is 6.09 Å². The van der Waals surface area contributed by atoms with Crippen LogP contribution >= 0.6 is 15.9 Å². The molecule has 0 aliphatic carbocycles. The molecule has 0 saturated carbocycles. The Morgan fingerprint density at radius 3 is 2.87 bits per heavy atom. The first-order chi connectivity index (χ1) is 7.00. The Balaban J connectivity index is 2.67. The molecule has 1 amide bonds. The van der Waals surface area contributed by atoms with Gasteiger partial charge in [0.25, 0.3) is 0 Å². The highest BCUT2D eigenvalue weighted by molar-refractivity contribution is 9.10. The lowest BCUT2D eigenvalue weighted by molar-refractivity contribution is 0.100. The van der Waals surface area contributed by atoms with E-state index in [-0.39, 0.29) is 12.4 Å². The maximum absolute atomic E-state index is 11.2. The van der Waals surface area contributed by atoms with E-state index in [0.717, 1.165) is 0 Å². The third-order valence-electron chi connectivity index (χ3n) is 1.66. The summed E-state index contributed by atoms with van der Waals surface area (Å²) in [5.41, 5.74) is 5.25. The maximum atomic E-state index is 11.2. The number of halogens is 1. The molecule has 0 radical (unpaired) electrons. The summed E-state index contributed by atoms with van der Waals surface area (Å²) in [6.45, 7) is 1.82. The number of nitrogens with zero attached hydrogens (tertiary/aromatic N) is 2. The average Bonchev–Trinajstić information content (AvgIpc) is 2.46. The molecule has 0 spiro atoms. The highest BCUT2D eigenvalue weighted by atomic mass is 79.9. The van der Waals surface area contributed by atoms with E-state index in [1.165, 1.54) is 11.6 Å². The number of amides is 1. The van der Waals surface area contributed by atoms with Gasteiger partial charge in [0.15, 0.2) is 5.78 Å². The van der Waals surface area contributed by atoms with Gasteiger partial charge in [-0.3, -0.25) is 9.48 Å². The van der Waals surface area contributed by atoms with Gasteiger partial charge in [-0.2, -0.15) is 5.10 Å². The SMILES string of the molecule is CC(=O)c1cc(Br)nn1CCOC(N)=O. The summed E-state index contributed by atoms with van der Waals surface area (Å²) in [6.07, 6.45) is -0.842. The third-order valence-corrected chi connectivity index (χ3v) is 2.05. The molecule has 1 aromatic heterocycles. The lowest BCUT2D eigenvalue weighted by Gasteiger charge is -2.04. The number of hydrogen-bond donors (Lipinski definition) is 1. The van der Waals surface area contributed by atoms with Crippen molar-refractivity contribution in [3.8, 4) is 0 Å². The number of nitrogens with two attached hydrogens (primary N) is 1. The fourth-order valence-electron chi connectivity index (χ4n) is 1.07. The van der Waals surface area contributed by atoms with E-state index in [1.54, 1.807) is 6.07 Å². The predicted octanol–water partition coefficient (Wildman–Crippen LogP) is 0.943. The van der Waals surface area contributed by atoms with Gasteiger partial charge < -0.3 is 10.5 Å².